The first-order chi connectivity index (χ1) is 26.8. The van der Waals surface area contributed by atoms with Gasteiger partial charge in [0.05, 0.1) is 48.1 Å². The van der Waals surface area contributed by atoms with Crippen molar-refractivity contribution < 1.29 is 38.6 Å². The fraction of sp³-hybridized carbons (Fsp3) is 0.333. The number of amides is 5. The molecule has 0 bridgehead atoms. The topological polar surface area (TPSA) is 203 Å². The van der Waals surface area contributed by atoms with E-state index in [0.29, 0.717) is 77.9 Å². The summed E-state index contributed by atoms with van der Waals surface area (Å²) in [6, 6.07) is 7.80. The highest BCUT2D eigenvalue weighted by Crippen LogP contribution is 2.38. The summed E-state index contributed by atoms with van der Waals surface area (Å²) in [5, 5.41) is 20.0. The van der Waals surface area contributed by atoms with E-state index in [4.69, 9.17) is 14.6 Å². The van der Waals surface area contributed by atoms with Crippen LogP contribution in [0, 0.1) is 0 Å². The van der Waals surface area contributed by atoms with Gasteiger partial charge in [0.15, 0.2) is 11.5 Å². The number of carbonyl (C=O) groups excluding carboxylic acids is 5. The predicted molar refractivity (Wildman–Crippen MR) is 209 cm³/mol. The second-order valence-electron chi connectivity index (χ2n) is 13.7. The monoisotopic (exact) mass is 767 g/mol. The van der Waals surface area contributed by atoms with Gasteiger partial charge < -0.3 is 54.4 Å². The minimum Gasteiger partial charge on any atom is -0.493 e. The molecule has 0 unspecified atom stereocenters. The number of aliphatic imine (C=N–C) groups is 1. The normalized spacial score (nSPS) is 14.5. The molecule has 1 saturated heterocycles. The van der Waals surface area contributed by atoms with Crippen LogP contribution in [-0.4, -0.2) is 98.9 Å². The number of methoxy groups -OCH3 is 1. The quantitative estimate of drug-likeness (QED) is 0.0892. The SMILES string of the molecule is C=C1C[C@H]2C=Nc3cc(OCCCC(=O)Nc4cc(C(=O)Nc5cc(C(=O)Nc6cc(C(=O)NCCCO)n(C)c6)n(C)c5)n(C)c4)c(OC)cc3C(=O)N2C1. The maximum atomic E-state index is 13.2. The van der Waals surface area contributed by atoms with Crippen LogP contribution in [0.15, 0.2) is 66.1 Å². The number of fused-ring (bicyclic) bond motifs is 2. The molecule has 1 fully saturated rings. The number of anilines is 3. The lowest BCUT2D eigenvalue weighted by atomic mass is 10.1. The van der Waals surface area contributed by atoms with Gasteiger partial charge in [0.1, 0.15) is 17.1 Å². The lowest BCUT2D eigenvalue weighted by molar-refractivity contribution is -0.116. The van der Waals surface area contributed by atoms with Crippen LogP contribution in [0.5, 0.6) is 11.5 Å². The Morgan fingerprint density at radius 1 is 0.839 bits per heavy atom. The first kappa shape index (κ1) is 39.1. The van der Waals surface area contributed by atoms with Crippen molar-refractivity contribution in [3.63, 3.8) is 0 Å². The molecule has 0 spiro atoms. The first-order valence-electron chi connectivity index (χ1n) is 18.0. The van der Waals surface area contributed by atoms with Crippen molar-refractivity contribution >= 4 is 58.5 Å². The summed E-state index contributed by atoms with van der Waals surface area (Å²) in [6.07, 6.45) is 8.21. The van der Waals surface area contributed by atoms with Crippen molar-refractivity contribution in [2.24, 2.45) is 26.1 Å². The number of aryl methyl sites for hydroxylation is 3. The van der Waals surface area contributed by atoms with Crippen molar-refractivity contribution in [1.82, 2.24) is 23.9 Å². The summed E-state index contributed by atoms with van der Waals surface area (Å²) in [5.41, 5.74) is 3.99. The Balaban J connectivity index is 0.992. The number of hydrogen-bond donors (Lipinski definition) is 5. The number of aliphatic hydroxyl groups is 1. The summed E-state index contributed by atoms with van der Waals surface area (Å²) in [4.78, 5) is 71.1. The molecule has 4 aromatic rings. The molecule has 6 rings (SSSR count). The smallest absolute Gasteiger partial charge is 0.272 e. The molecule has 56 heavy (non-hydrogen) atoms. The summed E-state index contributed by atoms with van der Waals surface area (Å²) in [6.45, 7) is 4.98. The Hall–Kier alpha value is -6.62. The Morgan fingerprint density at radius 3 is 2.02 bits per heavy atom. The number of carbonyl (C=O) groups is 5. The minimum absolute atomic E-state index is 0.0356. The van der Waals surface area contributed by atoms with Crippen LogP contribution < -0.4 is 30.7 Å². The van der Waals surface area contributed by atoms with Crippen LogP contribution in [0.1, 0.15) is 67.5 Å². The zero-order valence-corrected chi connectivity index (χ0v) is 31.7. The second kappa shape index (κ2) is 16.8. The molecule has 2 aliphatic heterocycles. The van der Waals surface area contributed by atoms with Crippen molar-refractivity contribution in [3.05, 3.63) is 83.7 Å². The molecule has 17 heteroatoms. The number of rotatable bonds is 15. The average molecular weight is 768 g/mol. The third kappa shape index (κ3) is 8.68. The van der Waals surface area contributed by atoms with E-state index in [1.807, 2.05) is 0 Å². The zero-order valence-electron chi connectivity index (χ0n) is 31.7. The Kier molecular flexibility index (Phi) is 11.7. The molecule has 2 aliphatic rings. The molecule has 0 aliphatic carbocycles. The van der Waals surface area contributed by atoms with E-state index in [0.717, 1.165) is 5.57 Å². The van der Waals surface area contributed by atoms with Crippen molar-refractivity contribution in [1.29, 1.82) is 0 Å². The van der Waals surface area contributed by atoms with E-state index < -0.39 is 11.8 Å². The van der Waals surface area contributed by atoms with Gasteiger partial charge in [0.2, 0.25) is 5.91 Å². The van der Waals surface area contributed by atoms with Crippen molar-refractivity contribution in [2.45, 2.75) is 31.7 Å². The fourth-order valence-electron chi connectivity index (χ4n) is 6.58. The zero-order chi connectivity index (χ0) is 40.1. The van der Waals surface area contributed by atoms with Crippen LogP contribution in [0.25, 0.3) is 0 Å². The standard InChI is InChI=1S/C39H45N9O8/c1-23-12-27-18-41-29-17-34(33(55-5)16-28(29)39(54)48(27)19-23)56-11-6-8-35(50)42-24-13-31(46(3)20-24)37(52)44-26-15-32(47(4)22-26)38(53)43-25-14-30(45(2)21-25)36(51)40-9-7-10-49/h13-18,20-22,27,49H,1,6-12,19H2,2-5H3,(H,40,51)(H,42,50)(H,43,53)(H,44,52)/t27-/m0/s1. The molecule has 294 valence electrons. The summed E-state index contributed by atoms with van der Waals surface area (Å²) < 4.78 is 16.2. The maximum Gasteiger partial charge on any atom is 0.272 e. The third-order valence-corrected chi connectivity index (χ3v) is 9.39. The summed E-state index contributed by atoms with van der Waals surface area (Å²) in [7, 11) is 6.52. The van der Waals surface area contributed by atoms with Crippen molar-refractivity contribution in [3.8, 4) is 11.5 Å². The molecule has 3 aromatic heterocycles. The summed E-state index contributed by atoms with van der Waals surface area (Å²) in [5.74, 6) is -0.849. The lowest BCUT2D eigenvalue weighted by Gasteiger charge is -2.20. The van der Waals surface area contributed by atoms with E-state index in [1.165, 1.54) is 13.2 Å². The molecular formula is C39H45N9O8. The Labute approximate surface area is 323 Å². The number of ether oxygens (including phenoxy) is 2. The van der Waals surface area contributed by atoms with Gasteiger partial charge in [-0.2, -0.15) is 0 Å². The van der Waals surface area contributed by atoms with E-state index in [1.54, 1.807) is 88.8 Å². The number of nitrogens with zero attached hydrogens (tertiary/aromatic N) is 5. The van der Waals surface area contributed by atoms with Crippen LogP contribution in [0.4, 0.5) is 22.7 Å². The van der Waals surface area contributed by atoms with Gasteiger partial charge in [0, 0.05) is 78.1 Å². The van der Waals surface area contributed by atoms with Crippen LogP contribution in [0.2, 0.25) is 0 Å². The highest BCUT2D eigenvalue weighted by molar-refractivity contribution is 6.08. The predicted octanol–water partition coefficient (Wildman–Crippen LogP) is 3.61. The molecule has 1 atom stereocenters. The molecule has 5 amide bonds. The molecular weight excluding hydrogens is 722 g/mol. The Bertz CT molecular complexity index is 2230. The molecule has 17 nitrogen and oxygen atoms in total. The number of nitrogens with one attached hydrogen (secondary N) is 4. The number of aromatic nitrogens is 3. The Morgan fingerprint density at radius 2 is 1.43 bits per heavy atom. The second-order valence-corrected chi connectivity index (χ2v) is 13.7. The lowest BCUT2D eigenvalue weighted by Crippen LogP contribution is -2.35. The first-order valence-corrected chi connectivity index (χ1v) is 18.0. The van der Waals surface area contributed by atoms with E-state index in [2.05, 4.69) is 32.8 Å². The van der Waals surface area contributed by atoms with E-state index in [9.17, 15) is 24.0 Å². The maximum absolute atomic E-state index is 13.2. The average Bonchev–Trinajstić information content (AvgIpc) is 3.91. The van der Waals surface area contributed by atoms with Gasteiger partial charge in [-0.05, 0) is 43.5 Å². The van der Waals surface area contributed by atoms with E-state index in [-0.39, 0.29) is 54.8 Å². The van der Waals surface area contributed by atoms with Gasteiger partial charge in [0.25, 0.3) is 23.6 Å². The highest BCUT2D eigenvalue weighted by Gasteiger charge is 2.34. The van der Waals surface area contributed by atoms with Gasteiger partial charge in [-0.1, -0.05) is 12.2 Å². The number of aliphatic hydroxyl groups excluding tert-OH is 1. The highest BCUT2D eigenvalue weighted by atomic mass is 16.5. The van der Waals surface area contributed by atoms with Gasteiger partial charge in [-0.25, -0.2) is 0 Å². The molecule has 1 aromatic carbocycles. The van der Waals surface area contributed by atoms with Crippen LogP contribution in [-0.2, 0) is 25.9 Å². The largest absolute Gasteiger partial charge is 0.493 e. The van der Waals surface area contributed by atoms with Gasteiger partial charge in [-0.3, -0.25) is 29.0 Å². The molecule has 5 heterocycles. The van der Waals surface area contributed by atoms with Gasteiger partial charge in [-0.15, -0.1) is 0 Å². The van der Waals surface area contributed by atoms with Crippen molar-refractivity contribution in [2.75, 3.05) is 49.4 Å². The minimum atomic E-state index is -0.453. The van der Waals surface area contributed by atoms with Crippen LogP contribution >= 0.6 is 0 Å². The molecule has 0 saturated carbocycles. The number of benzene rings is 1. The summed E-state index contributed by atoms with van der Waals surface area (Å²) >= 11 is 0. The fourth-order valence-corrected chi connectivity index (χ4v) is 6.58. The molecule has 0 radical (unpaired) electrons. The van der Waals surface area contributed by atoms with Crippen LogP contribution in [0.3, 0.4) is 0 Å². The van der Waals surface area contributed by atoms with E-state index >= 15 is 0 Å². The van der Waals surface area contributed by atoms with Gasteiger partial charge >= 0.3 is 0 Å². The molecule has 5 N–H and O–H groups in total. The third-order valence-electron chi connectivity index (χ3n) is 9.39. The number of hydrogen-bond acceptors (Lipinski definition) is 9.